The first-order valence-corrected chi connectivity index (χ1v) is 19.0. The lowest BCUT2D eigenvalue weighted by molar-refractivity contribution is 0.592. The molecule has 0 saturated heterocycles. The third-order valence-corrected chi connectivity index (χ3v) is 10.8. The van der Waals surface area contributed by atoms with Gasteiger partial charge < -0.3 is 4.57 Å². The number of rotatable bonds is 7. The third kappa shape index (κ3) is 6.44. The van der Waals surface area contributed by atoms with Gasteiger partial charge in [-0.15, -0.1) is 0 Å². The van der Waals surface area contributed by atoms with Crippen LogP contribution >= 0.6 is 0 Å². The van der Waals surface area contributed by atoms with E-state index in [0.717, 1.165) is 6.42 Å². The minimum absolute atomic E-state index is 0.0694. The summed E-state index contributed by atoms with van der Waals surface area (Å²) in [5.74, 6) is 0. The molecule has 0 fully saturated rings. The van der Waals surface area contributed by atoms with Crippen LogP contribution in [0.1, 0.15) is 37.5 Å². The Balaban J connectivity index is 1.02. The van der Waals surface area contributed by atoms with Crippen LogP contribution in [0, 0.1) is 0 Å². The highest BCUT2D eigenvalue weighted by atomic mass is 15.0. The lowest BCUT2D eigenvalue weighted by Crippen LogP contribution is -2.12. The molecule has 9 aromatic rings. The van der Waals surface area contributed by atoms with E-state index in [-0.39, 0.29) is 5.41 Å². The van der Waals surface area contributed by atoms with Gasteiger partial charge in [0.15, 0.2) is 0 Å². The molecular weight excluding hydrogens is 651 g/mol. The Hall–Kier alpha value is -6.44. The van der Waals surface area contributed by atoms with Crippen molar-refractivity contribution in [3.8, 4) is 50.2 Å². The van der Waals surface area contributed by atoms with E-state index < -0.39 is 0 Å². The summed E-state index contributed by atoms with van der Waals surface area (Å²) in [7, 11) is 0. The Bertz CT molecular complexity index is 2740. The van der Waals surface area contributed by atoms with Crippen LogP contribution < -0.4 is 0 Å². The second kappa shape index (κ2) is 13.8. The molecule has 0 spiro atoms. The van der Waals surface area contributed by atoms with Crippen LogP contribution in [-0.2, 0) is 11.8 Å². The van der Waals surface area contributed by atoms with E-state index in [9.17, 15) is 0 Å². The average molecular weight is 694 g/mol. The standard InChI is InChI=1S/C53H43N/c1-53(2,3)50-21-9-7-19-47(50)41-27-30-46(31-28-41)54-51-22-10-8-20-48(51)49-36-45(29-32-52(49)54)44-18-12-17-43(35-44)42-16-11-13-38(34-42)33-37-23-25-40(26-24-37)39-14-5-4-6-15-39/h4-32,34-36H,33H2,1-3H3. The van der Waals surface area contributed by atoms with Crippen molar-refractivity contribution in [1.29, 1.82) is 0 Å². The van der Waals surface area contributed by atoms with Gasteiger partial charge in [0, 0.05) is 16.5 Å². The molecule has 1 nitrogen and oxygen atoms in total. The third-order valence-electron chi connectivity index (χ3n) is 10.8. The van der Waals surface area contributed by atoms with Gasteiger partial charge in [-0.25, -0.2) is 0 Å². The molecule has 9 rings (SSSR count). The van der Waals surface area contributed by atoms with Crippen LogP contribution in [0.2, 0.25) is 0 Å². The number of hydrogen-bond acceptors (Lipinski definition) is 0. The van der Waals surface area contributed by atoms with E-state index in [2.05, 4.69) is 219 Å². The van der Waals surface area contributed by atoms with Crippen molar-refractivity contribution < 1.29 is 0 Å². The van der Waals surface area contributed by atoms with Crippen molar-refractivity contribution in [3.63, 3.8) is 0 Å². The lowest BCUT2D eigenvalue weighted by Gasteiger charge is -2.23. The molecule has 0 aliphatic heterocycles. The Kier molecular flexibility index (Phi) is 8.56. The minimum atomic E-state index is 0.0694. The van der Waals surface area contributed by atoms with Gasteiger partial charge in [-0.1, -0.05) is 178 Å². The first-order valence-electron chi connectivity index (χ1n) is 19.0. The fourth-order valence-corrected chi connectivity index (χ4v) is 8.03. The summed E-state index contributed by atoms with van der Waals surface area (Å²) in [6, 6.07) is 71.1. The van der Waals surface area contributed by atoms with Gasteiger partial charge in [-0.05, 0) is 109 Å². The van der Waals surface area contributed by atoms with Crippen LogP contribution in [-0.4, -0.2) is 4.57 Å². The minimum Gasteiger partial charge on any atom is -0.309 e. The highest BCUT2D eigenvalue weighted by Crippen LogP contribution is 2.38. The van der Waals surface area contributed by atoms with Gasteiger partial charge in [0.05, 0.1) is 11.0 Å². The van der Waals surface area contributed by atoms with E-state index in [1.807, 2.05) is 0 Å². The molecule has 0 saturated carbocycles. The normalized spacial score (nSPS) is 11.7. The van der Waals surface area contributed by atoms with Crippen molar-refractivity contribution in [1.82, 2.24) is 4.57 Å². The lowest BCUT2D eigenvalue weighted by atomic mass is 9.82. The predicted molar refractivity (Wildman–Crippen MR) is 230 cm³/mol. The maximum absolute atomic E-state index is 2.41. The summed E-state index contributed by atoms with van der Waals surface area (Å²) in [4.78, 5) is 0. The molecule has 0 aliphatic rings. The van der Waals surface area contributed by atoms with Crippen LogP contribution in [0.25, 0.3) is 72.0 Å². The van der Waals surface area contributed by atoms with Gasteiger partial charge in [0.25, 0.3) is 0 Å². The summed E-state index contributed by atoms with van der Waals surface area (Å²) < 4.78 is 2.41. The Morgan fingerprint density at radius 1 is 0.370 bits per heavy atom. The quantitative estimate of drug-likeness (QED) is 0.157. The van der Waals surface area contributed by atoms with Gasteiger partial charge in [0.2, 0.25) is 0 Å². The second-order valence-corrected chi connectivity index (χ2v) is 15.4. The Morgan fingerprint density at radius 3 is 1.69 bits per heavy atom. The zero-order valence-electron chi connectivity index (χ0n) is 31.1. The Labute approximate surface area is 318 Å². The summed E-state index contributed by atoms with van der Waals surface area (Å²) in [6.07, 6.45) is 0.899. The molecule has 1 heterocycles. The molecule has 0 amide bonds. The van der Waals surface area contributed by atoms with Crippen molar-refractivity contribution in [3.05, 3.63) is 211 Å². The fraction of sp³-hybridized carbons (Fsp3) is 0.0943. The van der Waals surface area contributed by atoms with Gasteiger partial charge >= 0.3 is 0 Å². The van der Waals surface area contributed by atoms with Gasteiger partial charge in [0.1, 0.15) is 0 Å². The van der Waals surface area contributed by atoms with Gasteiger partial charge in [-0.2, -0.15) is 0 Å². The summed E-state index contributed by atoms with van der Waals surface area (Å²) in [5, 5.41) is 2.52. The molecule has 0 atom stereocenters. The summed E-state index contributed by atoms with van der Waals surface area (Å²) in [6.45, 7) is 6.86. The van der Waals surface area contributed by atoms with Gasteiger partial charge in [-0.3, -0.25) is 0 Å². The van der Waals surface area contributed by atoms with E-state index >= 15 is 0 Å². The van der Waals surface area contributed by atoms with Crippen molar-refractivity contribution >= 4 is 21.8 Å². The Morgan fingerprint density at radius 2 is 0.926 bits per heavy atom. The van der Waals surface area contributed by atoms with Crippen molar-refractivity contribution in [2.24, 2.45) is 0 Å². The highest BCUT2D eigenvalue weighted by molar-refractivity contribution is 6.10. The smallest absolute Gasteiger partial charge is 0.0541 e. The number of nitrogens with zero attached hydrogens (tertiary/aromatic N) is 1. The summed E-state index contributed by atoms with van der Waals surface area (Å²) >= 11 is 0. The molecule has 0 unspecified atom stereocenters. The monoisotopic (exact) mass is 693 g/mol. The maximum atomic E-state index is 2.41. The number of hydrogen-bond donors (Lipinski definition) is 0. The van der Waals surface area contributed by atoms with E-state index in [1.165, 1.54) is 88.7 Å². The molecule has 1 aromatic heterocycles. The number of aromatic nitrogens is 1. The number of para-hydroxylation sites is 1. The fourth-order valence-electron chi connectivity index (χ4n) is 8.03. The molecule has 260 valence electrons. The topological polar surface area (TPSA) is 4.93 Å². The van der Waals surface area contributed by atoms with Crippen molar-refractivity contribution in [2.75, 3.05) is 0 Å². The van der Waals surface area contributed by atoms with Crippen LogP contribution in [0.5, 0.6) is 0 Å². The molecule has 0 N–H and O–H groups in total. The molecule has 8 aromatic carbocycles. The number of benzene rings is 8. The zero-order valence-corrected chi connectivity index (χ0v) is 31.1. The van der Waals surface area contributed by atoms with E-state index in [0.29, 0.717) is 0 Å². The van der Waals surface area contributed by atoms with Crippen LogP contribution in [0.3, 0.4) is 0 Å². The molecular formula is C53H43N. The van der Waals surface area contributed by atoms with Crippen LogP contribution in [0.15, 0.2) is 194 Å². The molecule has 0 aliphatic carbocycles. The summed E-state index contributed by atoms with van der Waals surface area (Å²) in [5.41, 5.74) is 17.6. The molecule has 54 heavy (non-hydrogen) atoms. The average Bonchev–Trinajstić information content (AvgIpc) is 3.55. The predicted octanol–water partition coefficient (Wildman–Crippen LogP) is 14.3. The van der Waals surface area contributed by atoms with Crippen molar-refractivity contribution in [2.45, 2.75) is 32.6 Å². The highest BCUT2D eigenvalue weighted by Gasteiger charge is 2.19. The molecule has 1 heteroatoms. The number of fused-ring (bicyclic) bond motifs is 3. The first kappa shape index (κ1) is 33.4. The molecule has 0 radical (unpaired) electrons. The van der Waals surface area contributed by atoms with E-state index in [1.54, 1.807) is 0 Å². The van der Waals surface area contributed by atoms with E-state index in [4.69, 9.17) is 0 Å². The molecule has 0 bridgehead atoms. The largest absolute Gasteiger partial charge is 0.309 e. The SMILES string of the molecule is CC(C)(C)c1ccccc1-c1ccc(-n2c3ccccc3c3cc(-c4cccc(-c5cccc(Cc6ccc(-c7ccccc7)cc6)c5)c4)ccc32)cc1. The zero-order chi connectivity index (χ0) is 36.6. The maximum Gasteiger partial charge on any atom is 0.0541 e. The van der Waals surface area contributed by atoms with Crippen LogP contribution in [0.4, 0.5) is 0 Å². The second-order valence-electron chi connectivity index (χ2n) is 15.4. The first-order chi connectivity index (χ1) is 26.4.